The molecule has 0 aliphatic carbocycles. The van der Waals surface area contributed by atoms with Crippen LogP contribution in [0.1, 0.15) is 58.2 Å². The first-order chi connectivity index (χ1) is 29.3. The number of benzene rings is 7. The van der Waals surface area contributed by atoms with Gasteiger partial charge in [-0.3, -0.25) is 9.55 Å². The predicted molar refractivity (Wildman–Crippen MR) is 254 cm³/mol. The van der Waals surface area contributed by atoms with Crippen molar-refractivity contribution in [3.05, 3.63) is 193 Å². The van der Waals surface area contributed by atoms with Crippen molar-refractivity contribution in [2.75, 3.05) is 0 Å². The minimum Gasteiger partial charge on any atom is -0.507 e. The van der Waals surface area contributed by atoms with Gasteiger partial charge in [-0.05, 0) is 87.0 Å². The van der Waals surface area contributed by atoms with E-state index in [1.807, 2.05) is 24.4 Å². The van der Waals surface area contributed by atoms with E-state index in [1.54, 1.807) is 0 Å². The van der Waals surface area contributed by atoms with Gasteiger partial charge >= 0.3 is 0 Å². The summed E-state index contributed by atoms with van der Waals surface area (Å²) >= 11 is 0. The minimum absolute atomic E-state index is 0. The minimum atomic E-state index is -0.318. The molecule has 0 saturated carbocycles. The number of hydrogen-bond donors (Lipinski definition) is 1. The number of pyridine rings is 1. The van der Waals surface area contributed by atoms with Crippen molar-refractivity contribution in [1.29, 1.82) is 0 Å². The number of nitrogens with zero attached hydrogens (tertiary/aromatic N) is 3. The van der Waals surface area contributed by atoms with E-state index >= 15 is 0 Å². The molecule has 0 fully saturated rings. The second-order valence-corrected chi connectivity index (χ2v) is 18.1. The average molecular weight is 988 g/mol. The number of hydrogen-bond acceptors (Lipinski definition) is 3. The average Bonchev–Trinajstić information content (AvgIpc) is 3.66. The molecule has 0 bridgehead atoms. The van der Waals surface area contributed by atoms with Gasteiger partial charge in [0.05, 0.1) is 16.6 Å². The molecule has 0 aliphatic heterocycles. The van der Waals surface area contributed by atoms with E-state index in [1.165, 1.54) is 0 Å². The molecule has 9 rings (SSSR count). The summed E-state index contributed by atoms with van der Waals surface area (Å²) in [5.74, 6) is 0.927. The molecule has 7 aromatic carbocycles. The van der Waals surface area contributed by atoms with Crippen LogP contribution < -0.4 is 0 Å². The Morgan fingerprint density at radius 1 is 0.532 bits per heavy atom. The molecular weight excluding hydrogens is 938 g/mol. The normalized spacial score (nSPS) is 11.7. The van der Waals surface area contributed by atoms with Crippen LogP contribution in [0.3, 0.4) is 0 Å². The van der Waals surface area contributed by atoms with Crippen molar-refractivity contribution in [3.8, 4) is 78.6 Å². The van der Waals surface area contributed by atoms with Gasteiger partial charge in [-0.25, -0.2) is 4.98 Å². The smallest absolute Gasteiger partial charge is 0.148 e. The van der Waals surface area contributed by atoms with Gasteiger partial charge in [0, 0.05) is 44.2 Å². The predicted octanol–water partition coefficient (Wildman–Crippen LogP) is 14.8. The third-order valence-electron chi connectivity index (χ3n) is 11.5. The molecular formula is C57H50N3OPt-. The van der Waals surface area contributed by atoms with Crippen LogP contribution >= 0.6 is 0 Å². The largest absolute Gasteiger partial charge is 0.507 e. The summed E-state index contributed by atoms with van der Waals surface area (Å²) in [6, 6.07) is 61.2. The molecule has 0 unspecified atom stereocenters. The molecule has 0 saturated heterocycles. The van der Waals surface area contributed by atoms with Gasteiger partial charge in [0.2, 0.25) is 0 Å². The number of fused-ring (bicyclic) bond motifs is 1. The van der Waals surface area contributed by atoms with Crippen LogP contribution in [0.2, 0.25) is 0 Å². The molecule has 0 spiro atoms. The van der Waals surface area contributed by atoms with Crippen molar-refractivity contribution in [2.24, 2.45) is 0 Å². The summed E-state index contributed by atoms with van der Waals surface area (Å²) in [6.07, 6.45) is 1.88. The summed E-state index contributed by atoms with van der Waals surface area (Å²) in [6.45, 7) is 15.3. The van der Waals surface area contributed by atoms with Gasteiger partial charge in [-0.15, -0.1) is 23.8 Å². The van der Waals surface area contributed by atoms with E-state index < -0.39 is 0 Å². The third kappa shape index (κ3) is 8.33. The summed E-state index contributed by atoms with van der Waals surface area (Å²) in [4.78, 5) is 10.5. The number of para-hydroxylation sites is 1. The fraction of sp³-hybridized carbons (Fsp3) is 0.158. The summed E-state index contributed by atoms with van der Waals surface area (Å²) < 4.78 is 2.24. The van der Waals surface area contributed by atoms with Crippen molar-refractivity contribution in [3.63, 3.8) is 0 Å². The number of phenolic OH excluding ortho intramolecular Hbond substituents is 1. The molecule has 0 radical (unpaired) electrons. The van der Waals surface area contributed by atoms with Gasteiger partial charge in [0.15, 0.2) is 0 Å². The van der Waals surface area contributed by atoms with E-state index in [0.29, 0.717) is 11.4 Å². The first-order valence-corrected chi connectivity index (χ1v) is 21.0. The van der Waals surface area contributed by atoms with Gasteiger partial charge in [-0.1, -0.05) is 180 Å². The zero-order valence-corrected chi connectivity index (χ0v) is 38.5. The number of aryl methyl sites for hydroxylation is 1. The van der Waals surface area contributed by atoms with Crippen LogP contribution in [0.4, 0.5) is 0 Å². The van der Waals surface area contributed by atoms with E-state index in [0.717, 1.165) is 89.2 Å². The Balaban J connectivity index is 0.00000529. The van der Waals surface area contributed by atoms with E-state index in [4.69, 9.17) is 9.97 Å². The zero-order valence-electron chi connectivity index (χ0n) is 36.3. The van der Waals surface area contributed by atoms with Gasteiger partial charge in [0.1, 0.15) is 11.6 Å². The molecule has 310 valence electrons. The molecule has 5 heteroatoms. The summed E-state index contributed by atoms with van der Waals surface area (Å²) in [5, 5.41) is 12.4. The van der Waals surface area contributed by atoms with Gasteiger partial charge in [-0.2, -0.15) is 0 Å². The Morgan fingerprint density at radius 3 is 1.74 bits per heavy atom. The maximum Gasteiger partial charge on any atom is 0.148 e. The second kappa shape index (κ2) is 16.8. The van der Waals surface area contributed by atoms with E-state index in [2.05, 4.69) is 205 Å². The second-order valence-electron chi connectivity index (χ2n) is 18.1. The Labute approximate surface area is 380 Å². The fourth-order valence-electron chi connectivity index (χ4n) is 8.30. The standard InChI is InChI=1S/C57H50N3O.Pt/c1-37-28-42(39-20-13-9-14-21-39)33-47(29-37)60-52-25-17-24-48(53(52)59-55(60)49-35-46(56(2,3)4)36-50(54(49)61)57(5,6)7)44-30-43(40-22-15-10-16-23-40)31-45(32-44)51-34-41(26-27-58-51)38-18-11-8-12-19-38;/h8-31,33-36,61H,1-7H3;/q-1;. The van der Waals surface area contributed by atoms with Crippen molar-refractivity contribution < 1.29 is 26.2 Å². The maximum atomic E-state index is 12.4. The van der Waals surface area contributed by atoms with Crippen LogP contribution in [0.25, 0.3) is 83.9 Å². The van der Waals surface area contributed by atoms with Gasteiger partial charge < -0.3 is 5.11 Å². The molecule has 4 nitrogen and oxygen atoms in total. The first kappa shape index (κ1) is 42.3. The molecule has 2 aromatic heterocycles. The third-order valence-corrected chi connectivity index (χ3v) is 11.5. The molecule has 2 heterocycles. The Hall–Kier alpha value is -6.35. The SMILES string of the molecule is Cc1cc(-c2ccccc2)cc(-n2c(-c3cc(C(C)(C)C)cc(C(C)(C)C)c3O)nc3c(-c4[c-]c(-c5cc(-c6ccccc6)ccn5)cc(-c5ccccc5)c4)cccc32)c1.[Pt]. The van der Waals surface area contributed by atoms with Crippen molar-refractivity contribution in [2.45, 2.75) is 59.3 Å². The number of aromatic nitrogens is 3. The van der Waals surface area contributed by atoms with Crippen LogP contribution in [0, 0.1) is 13.0 Å². The number of phenols is 1. The van der Waals surface area contributed by atoms with Crippen molar-refractivity contribution >= 4 is 11.0 Å². The Kier molecular flexibility index (Phi) is 11.5. The Morgan fingerprint density at radius 2 is 1.13 bits per heavy atom. The summed E-state index contributed by atoms with van der Waals surface area (Å²) in [5.41, 5.74) is 16.3. The van der Waals surface area contributed by atoms with Crippen LogP contribution in [0.5, 0.6) is 5.75 Å². The van der Waals surface area contributed by atoms with E-state index in [9.17, 15) is 5.11 Å². The Bertz CT molecular complexity index is 3050. The molecule has 9 aromatic rings. The number of aromatic hydroxyl groups is 1. The van der Waals surface area contributed by atoms with Crippen LogP contribution in [0.15, 0.2) is 170 Å². The molecule has 62 heavy (non-hydrogen) atoms. The quantitative estimate of drug-likeness (QED) is 0.162. The molecule has 0 aliphatic rings. The monoisotopic (exact) mass is 987 g/mol. The van der Waals surface area contributed by atoms with Crippen LogP contribution in [-0.4, -0.2) is 19.6 Å². The maximum absolute atomic E-state index is 12.4. The summed E-state index contributed by atoms with van der Waals surface area (Å²) in [7, 11) is 0. The fourth-order valence-corrected chi connectivity index (χ4v) is 8.30. The molecule has 1 N–H and O–H groups in total. The number of imidazole rings is 1. The van der Waals surface area contributed by atoms with Crippen molar-refractivity contribution in [1.82, 2.24) is 14.5 Å². The molecule has 0 atom stereocenters. The zero-order chi connectivity index (χ0) is 42.5. The number of rotatable bonds is 7. The van der Waals surface area contributed by atoms with E-state index in [-0.39, 0.29) is 37.6 Å². The molecule has 0 amide bonds. The first-order valence-electron chi connectivity index (χ1n) is 21.0. The topological polar surface area (TPSA) is 50.9 Å². The van der Waals surface area contributed by atoms with Crippen LogP contribution in [-0.2, 0) is 31.9 Å². The van der Waals surface area contributed by atoms with Gasteiger partial charge in [0.25, 0.3) is 0 Å².